The van der Waals surface area contributed by atoms with Crippen LogP contribution < -0.4 is 16.6 Å². The number of aromatic nitrogens is 2. The van der Waals surface area contributed by atoms with Crippen LogP contribution >= 0.6 is 0 Å². The molecule has 0 bridgehead atoms. The number of anilines is 3. The number of nitrogens with zero attached hydrogens (tertiary/aromatic N) is 2. The van der Waals surface area contributed by atoms with Gasteiger partial charge in [-0.05, 0) is 31.4 Å². The van der Waals surface area contributed by atoms with E-state index < -0.39 is 11.6 Å². The lowest BCUT2D eigenvalue weighted by Gasteiger charge is -2.11. The summed E-state index contributed by atoms with van der Waals surface area (Å²) in [4.78, 5) is 8.58. The van der Waals surface area contributed by atoms with Crippen molar-refractivity contribution in [2.75, 3.05) is 10.7 Å². The van der Waals surface area contributed by atoms with Crippen molar-refractivity contribution in [2.24, 2.45) is 5.84 Å². The molecule has 1 saturated carbocycles. The van der Waals surface area contributed by atoms with E-state index >= 15 is 0 Å². The molecule has 0 spiro atoms. The minimum atomic E-state index is -0.539. The lowest BCUT2D eigenvalue weighted by atomic mass is 10.2. The smallest absolute Gasteiger partial charge is 0.147 e. The van der Waals surface area contributed by atoms with Crippen molar-refractivity contribution in [3.8, 4) is 0 Å². The lowest BCUT2D eigenvalue weighted by molar-refractivity contribution is 0.595. The third-order valence-electron chi connectivity index (χ3n) is 3.34. The molecule has 7 heteroatoms. The first kappa shape index (κ1) is 13.7. The van der Waals surface area contributed by atoms with E-state index in [1.54, 1.807) is 6.07 Å². The monoisotopic (exact) mass is 291 g/mol. The van der Waals surface area contributed by atoms with Gasteiger partial charge in [0.2, 0.25) is 0 Å². The number of aryl methyl sites for hydroxylation is 1. The predicted octanol–water partition coefficient (Wildman–Crippen LogP) is 2.97. The summed E-state index contributed by atoms with van der Waals surface area (Å²) in [6.07, 6.45) is 2.06. The molecule has 1 aromatic carbocycles. The second-order valence-corrected chi connectivity index (χ2v) is 5.12. The maximum absolute atomic E-state index is 13.9. The minimum absolute atomic E-state index is 0.0292. The molecule has 4 N–H and O–H groups in total. The Bertz CT molecular complexity index is 685. The highest BCUT2D eigenvalue weighted by Gasteiger charge is 2.27. The van der Waals surface area contributed by atoms with Gasteiger partial charge in [0.1, 0.15) is 29.1 Å². The van der Waals surface area contributed by atoms with E-state index in [-0.39, 0.29) is 11.3 Å². The van der Waals surface area contributed by atoms with Crippen molar-refractivity contribution < 1.29 is 8.78 Å². The molecular weight excluding hydrogens is 276 g/mol. The molecule has 2 aromatic rings. The summed E-state index contributed by atoms with van der Waals surface area (Å²) in [6, 6.07) is 3.80. The second kappa shape index (κ2) is 5.25. The van der Waals surface area contributed by atoms with Gasteiger partial charge in [0, 0.05) is 18.1 Å². The highest BCUT2D eigenvalue weighted by molar-refractivity contribution is 5.60. The van der Waals surface area contributed by atoms with Crippen molar-refractivity contribution in [2.45, 2.75) is 25.7 Å². The SMILES string of the molecule is Cc1cc(F)c(Nc2cc(NN)nc(C3CC3)n2)cc1F. The molecule has 1 fully saturated rings. The summed E-state index contributed by atoms with van der Waals surface area (Å²) in [5, 5.41) is 2.78. The molecule has 21 heavy (non-hydrogen) atoms. The molecule has 1 aromatic heterocycles. The topological polar surface area (TPSA) is 75.9 Å². The number of hydrogen-bond acceptors (Lipinski definition) is 5. The van der Waals surface area contributed by atoms with Crippen LogP contribution in [0, 0.1) is 18.6 Å². The van der Waals surface area contributed by atoms with Crippen LogP contribution in [0.3, 0.4) is 0 Å². The average Bonchev–Trinajstić information content (AvgIpc) is 3.29. The Kier molecular flexibility index (Phi) is 3.42. The van der Waals surface area contributed by atoms with Gasteiger partial charge in [0.15, 0.2) is 0 Å². The van der Waals surface area contributed by atoms with Gasteiger partial charge in [-0.15, -0.1) is 0 Å². The highest BCUT2D eigenvalue weighted by atomic mass is 19.1. The number of benzene rings is 1. The Morgan fingerprint density at radius 3 is 2.48 bits per heavy atom. The molecule has 0 amide bonds. The first-order valence-electron chi connectivity index (χ1n) is 6.65. The number of hydrogen-bond donors (Lipinski definition) is 3. The van der Waals surface area contributed by atoms with Gasteiger partial charge in [0.05, 0.1) is 5.69 Å². The Balaban J connectivity index is 1.94. The molecule has 1 aliphatic rings. The van der Waals surface area contributed by atoms with Gasteiger partial charge in [-0.2, -0.15) is 0 Å². The molecule has 3 rings (SSSR count). The molecule has 0 atom stereocenters. The van der Waals surface area contributed by atoms with Crippen molar-refractivity contribution in [1.29, 1.82) is 0 Å². The van der Waals surface area contributed by atoms with Crippen molar-refractivity contribution in [3.05, 3.63) is 41.2 Å². The largest absolute Gasteiger partial charge is 0.338 e. The molecule has 0 unspecified atom stereocenters. The molecule has 1 aliphatic carbocycles. The second-order valence-electron chi connectivity index (χ2n) is 5.12. The summed E-state index contributed by atoms with van der Waals surface area (Å²) in [6.45, 7) is 1.51. The Morgan fingerprint density at radius 1 is 1.10 bits per heavy atom. The summed E-state index contributed by atoms with van der Waals surface area (Å²) < 4.78 is 27.4. The van der Waals surface area contributed by atoms with Crippen LogP contribution in [-0.2, 0) is 0 Å². The first-order chi connectivity index (χ1) is 10.1. The van der Waals surface area contributed by atoms with Crippen LogP contribution in [0.2, 0.25) is 0 Å². The predicted molar refractivity (Wildman–Crippen MR) is 76.2 cm³/mol. The zero-order chi connectivity index (χ0) is 15.0. The standard InChI is InChI=1S/C14H15F2N5/c1-7-4-10(16)11(5-9(7)15)18-12-6-13(21-17)20-14(19-12)8-2-3-8/h4-6,8H,2-3,17H2,1H3,(H2,18,19,20,21). The van der Waals surface area contributed by atoms with Gasteiger partial charge >= 0.3 is 0 Å². The van der Waals surface area contributed by atoms with E-state index in [0.29, 0.717) is 23.4 Å². The fourth-order valence-corrected chi connectivity index (χ4v) is 2.01. The highest BCUT2D eigenvalue weighted by Crippen LogP contribution is 2.39. The molecular formula is C14H15F2N5. The fraction of sp³-hybridized carbons (Fsp3) is 0.286. The van der Waals surface area contributed by atoms with E-state index in [2.05, 4.69) is 20.7 Å². The molecule has 110 valence electrons. The molecule has 1 heterocycles. The third-order valence-corrected chi connectivity index (χ3v) is 3.34. The number of nitrogens with two attached hydrogens (primary N) is 1. The van der Waals surface area contributed by atoms with Crippen LogP contribution in [0.4, 0.5) is 26.1 Å². The quantitative estimate of drug-likeness (QED) is 0.596. The zero-order valence-electron chi connectivity index (χ0n) is 11.5. The minimum Gasteiger partial charge on any atom is -0.338 e. The van der Waals surface area contributed by atoms with Crippen molar-refractivity contribution in [3.63, 3.8) is 0 Å². The number of rotatable bonds is 4. The summed E-state index contributed by atoms with van der Waals surface area (Å²) in [7, 11) is 0. The van der Waals surface area contributed by atoms with Gasteiger partial charge < -0.3 is 10.7 Å². The van der Waals surface area contributed by atoms with E-state index in [9.17, 15) is 8.78 Å². The third kappa shape index (κ3) is 2.92. The number of hydrazine groups is 1. The average molecular weight is 291 g/mol. The van der Waals surface area contributed by atoms with Crippen LogP contribution in [-0.4, -0.2) is 9.97 Å². The summed E-state index contributed by atoms with van der Waals surface area (Å²) in [5.41, 5.74) is 2.73. The van der Waals surface area contributed by atoms with Crippen LogP contribution in [0.25, 0.3) is 0 Å². The number of nitrogens with one attached hydrogen (secondary N) is 2. The van der Waals surface area contributed by atoms with Gasteiger partial charge in [-0.3, -0.25) is 0 Å². The summed E-state index contributed by atoms with van der Waals surface area (Å²) >= 11 is 0. The molecule has 0 aliphatic heterocycles. The lowest BCUT2D eigenvalue weighted by Crippen LogP contribution is -2.11. The number of nitrogen functional groups attached to an aromatic ring is 1. The van der Waals surface area contributed by atoms with E-state index in [1.807, 2.05) is 0 Å². The van der Waals surface area contributed by atoms with Gasteiger partial charge in [-0.1, -0.05) is 0 Å². The molecule has 0 saturated heterocycles. The van der Waals surface area contributed by atoms with E-state index in [4.69, 9.17) is 5.84 Å². The molecule has 5 nitrogen and oxygen atoms in total. The summed E-state index contributed by atoms with van der Waals surface area (Å²) in [5.74, 6) is 6.14. The normalized spacial score (nSPS) is 14.1. The fourth-order valence-electron chi connectivity index (χ4n) is 2.01. The van der Waals surface area contributed by atoms with E-state index in [1.165, 1.54) is 6.92 Å². The van der Waals surface area contributed by atoms with Crippen LogP contribution in [0.15, 0.2) is 18.2 Å². The first-order valence-corrected chi connectivity index (χ1v) is 6.65. The van der Waals surface area contributed by atoms with Crippen LogP contribution in [0.5, 0.6) is 0 Å². The molecule has 0 radical (unpaired) electrons. The maximum atomic E-state index is 13.9. The van der Waals surface area contributed by atoms with Crippen LogP contribution in [0.1, 0.15) is 30.1 Å². The zero-order valence-corrected chi connectivity index (χ0v) is 11.5. The Labute approximate surface area is 120 Å². The Morgan fingerprint density at radius 2 is 1.81 bits per heavy atom. The van der Waals surface area contributed by atoms with Gasteiger partial charge in [0.25, 0.3) is 0 Å². The Hall–Kier alpha value is -2.28. The van der Waals surface area contributed by atoms with Crippen molar-refractivity contribution in [1.82, 2.24) is 9.97 Å². The number of halogens is 2. The van der Waals surface area contributed by atoms with E-state index in [0.717, 1.165) is 25.0 Å². The maximum Gasteiger partial charge on any atom is 0.147 e. The van der Waals surface area contributed by atoms with Gasteiger partial charge in [-0.25, -0.2) is 24.6 Å². The van der Waals surface area contributed by atoms with Crippen molar-refractivity contribution >= 4 is 17.3 Å².